The minimum absolute atomic E-state index is 0.461. The van der Waals surface area contributed by atoms with Crippen molar-refractivity contribution in [3.05, 3.63) is 35.9 Å². The van der Waals surface area contributed by atoms with E-state index >= 15 is 0 Å². The molecule has 18 heavy (non-hydrogen) atoms. The lowest BCUT2D eigenvalue weighted by Crippen LogP contribution is -2.48. The largest absolute Gasteiger partial charge is 0.341 e. The second-order valence-electron chi connectivity index (χ2n) is 4.82. The Kier molecular flexibility index (Phi) is 5.16. The SMILES string of the molecule is CCCCNC(=O)N(O)C(C)(C)c1ccccc1. The van der Waals surface area contributed by atoms with Crippen LogP contribution in [0.25, 0.3) is 0 Å². The van der Waals surface area contributed by atoms with Gasteiger partial charge in [-0.25, -0.2) is 4.79 Å². The second-order valence-corrected chi connectivity index (χ2v) is 4.82. The van der Waals surface area contributed by atoms with Gasteiger partial charge in [-0.2, -0.15) is 5.06 Å². The van der Waals surface area contributed by atoms with Crippen LogP contribution in [-0.4, -0.2) is 22.8 Å². The van der Waals surface area contributed by atoms with Crippen LogP contribution in [-0.2, 0) is 5.54 Å². The Morgan fingerprint density at radius 2 is 1.94 bits per heavy atom. The molecule has 0 fully saturated rings. The highest BCUT2D eigenvalue weighted by atomic mass is 16.5. The summed E-state index contributed by atoms with van der Waals surface area (Å²) in [6.45, 7) is 6.25. The summed E-state index contributed by atoms with van der Waals surface area (Å²) < 4.78 is 0. The number of hydroxylamine groups is 2. The molecule has 100 valence electrons. The number of amides is 2. The first-order valence-corrected chi connectivity index (χ1v) is 6.32. The maximum Gasteiger partial charge on any atom is 0.341 e. The third-order valence-corrected chi connectivity index (χ3v) is 3.01. The number of benzene rings is 1. The molecule has 0 atom stereocenters. The van der Waals surface area contributed by atoms with Crippen LogP contribution >= 0.6 is 0 Å². The van der Waals surface area contributed by atoms with Crippen molar-refractivity contribution in [2.45, 2.75) is 39.2 Å². The fraction of sp³-hybridized carbons (Fsp3) is 0.500. The summed E-state index contributed by atoms with van der Waals surface area (Å²) in [7, 11) is 0. The summed E-state index contributed by atoms with van der Waals surface area (Å²) in [6.07, 6.45) is 1.92. The number of carbonyl (C=O) groups excluding carboxylic acids is 1. The van der Waals surface area contributed by atoms with E-state index in [9.17, 15) is 10.0 Å². The highest BCUT2D eigenvalue weighted by Crippen LogP contribution is 2.25. The highest BCUT2D eigenvalue weighted by Gasteiger charge is 2.31. The third-order valence-electron chi connectivity index (χ3n) is 3.01. The number of urea groups is 1. The smallest absolute Gasteiger partial charge is 0.336 e. The molecular weight excluding hydrogens is 228 g/mol. The van der Waals surface area contributed by atoms with Crippen LogP contribution in [0, 0.1) is 0 Å². The molecule has 4 nitrogen and oxygen atoms in total. The standard InChI is InChI=1S/C14H22N2O2/c1-4-5-11-15-13(17)16(18)14(2,3)12-9-7-6-8-10-12/h6-10,18H,4-5,11H2,1-3H3,(H,15,17). The molecule has 4 heteroatoms. The lowest BCUT2D eigenvalue weighted by Gasteiger charge is -2.33. The van der Waals surface area contributed by atoms with Crippen molar-refractivity contribution in [2.24, 2.45) is 0 Å². The zero-order chi connectivity index (χ0) is 13.6. The first-order chi connectivity index (χ1) is 8.50. The Morgan fingerprint density at radius 3 is 2.50 bits per heavy atom. The lowest BCUT2D eigenvalue weighted by molar-refractivity contribution is -0.117. The van der Waals surface area contributed by atoms with E-state index in [1.165, 1.54) is 0 Å². The van der Waals surface area contributed by atoms with Crippen molar-refractivity contribution >= 4 is 6.03 Å². The van der Waals surface area contributed by atoms with Gasteiger partial charge >= 0.3 is 6.03 Å². The normalized spacial score (nSPS) is 11.1. The Bertz CT molecular complexity index is 377. The van der Waals surface area contributed by atoms with Crippen molar-refractivity contribution in [1.29, 1.82) is 0 Å². The second kappa shape index (κ2) is 6.40. The summed E-state index contributed by atoms with van der Waals surface area (Å²) >= 11 is 0. The maximum absolute atomic E-state index is 11.8. The molecule has 1 rings (SSSR count). The van der Waals surface area contributed by atoms with E-state index in [0.29, 0.717) is 6.54 Å². The van der Waals surface area contributed by atoms with Gasteiger partial charge in [-0.05, 0) is 25.8 Å². The van der Waals surface area contributed by atoms with Crippen LogP contribution in [0.1, 0.15) is 39.2 Å². The number of rotatable bonds is 5. The molecule has 0 saturated carbocycles. The van der Waals surface area contributed by atoms with Crippen molar-refractivity contribution in [1.82, 2.24) is 10.4 Å². The Morgan fingerprint density at radius 1 is 1.33 bits per heavy atom. The number of carbonyl (C=O) groups is 1. The molecule has 1 aromatic rings. The van der Waals surface area contributed by atoms with Gasteiger partial charge in [-0.1, -0.05) is 43.7 Å². The molecule has 0 saturated heterocycles. The summed E-state index contributed by atoms with van der Waals surface area (Å²) in [5, 5.41) is 13.5. The van der Waals surface area contributed by atoms with E-state index in [-0.39, 0.29) is 0 Å². The first kappa shape index (κ1) is 14.5. The van der Waals surface area contributed by atoms with Gasteiger partial charge in [0.1, 0.15) is 0 Å². The van der Waals surface area contributed by atoms with Crippen LogP contribution in [0.3, 0.4) is 0 Å². The van der Waals surface area contributed by atoms with Crippen LogP contribution < -0.4 is 5.32 Å². The molecular formula is C14H22N2O2. The molecule has 2 N–H and O–H groups in total. The van der Waals surface area contributed by atoms with Crippen LogP contribution in [0.4, 0.5) is 4.79 Å². The molecule has 0 spiro atoms. The van der Waals surface area contributed by atoms with E-state index in [1.54, 1.807) is 0 Å². The van der Waals surface area contributed by atoms with Crippen molar-refractivity contribution in [3.63, 3.8) is 0 Å². The summed E-state index contributed by atoms with van der Waals surface area (Å²) in [5.74, 6) is 0. The van der Waals surface area contributed by atoms with Crippen LogP contribution in [0.2, 0.25) is 0 Å². The van der Waals surface area contributed by atoms with Gasteiger partial charge in [-0.15, -0.1) is 0 Å². The van der Waals surface area contributed by atoms with Gasteiger partial charge in [0.05, 0.1) is 5.54 Å². The summed E-state index contributed by atoms with van der Waals surface area (Å²) in [5.41, 5.74) is 0.135. The van der Waals surface area contributed by atoms with Gasteiger partial charge in [0.25, 0.3) is 0 Å². The zero-order valence-electron chi connectivity index (χ0n) is 11.3. The molecule has 0 aromatic heterocycles. The summed E-state index contributed by atoms with van der Waals surface area (Å²) in [4.78, 5) is 11.8. The number of hydrogen-bond donors (Lipinski definition) is 2. The lowest BCUT2D eigenvalue weighted by atomic mass is 9.94. The third kappa shape index (κ3) is 3.47. The Balaban J connectivity index is 2.70. The number of nitrogens with one attached hydrogen (secondary N) is 1. The molecule has 2 amide bonds. The molecule has 0 aliphatic heterocycles. The van der Waals surface area contributed by atoms with Gasteiger partial charge in [-0.3, -0.25) is 5.21 Å². The van der Waals surface area contributed by atoms with Crippen molar-refractivity contribution < 1.29 is 10.0 Å². The maximum atomic E-state index is 11.8. The van der Waals surface area contributed by atoms with E-state index in [2.05, 4.69) is 12.2 Å². The first-order valence-electron chi connectivity index (χ1n) is 6.32. The van der Waals surface area contributed by atoms with Gasteiger partial charge in [0, 0.05) is 6.54 Å². The molecule has 0 unspecified atom stereocenters. The number of nitrogens with zero attached hydrogens (tertiary/aromatic N) is 1. The highest BCUT2D eigenvalue weighted by molar-refractivity contribution is 5.73. The van der Waals surface area contributed by atoms with E-state index in [0.717, 1.165) is 23.5 Å². The zero-order valence-corrected chi connectivity index (χ0v) is 11.3. The topological polar surface area (TPSA) is 52.6 Å². The fourth-order valence-electron chi connectivity index (χ4n) is 1.67. The minimum atomic E-state index is -0.752. The Labute approximate surface area is 109 Å². The predicted molar refractivity (Wildman–Crippen MR) is 71.4 cm³/mol. The van der Waals surface area contributed by atoms with Crippen molar-refractivity contribution in [3.8, 4) is 0 Å². The van der Waals surface area contributed by atoms with Gasteiger partial charge < -0.3 is 5.32 Å². The monoisotopic (exact) mass is 250 g/mol. The molecule has 0 radical (unpaired) electrons. The van der Waals surface area contributed by atoms with Crippen LogP contribution in [0.5, 0.6) is 0 Å². The molecule has 1 aromatic carbocycles. The quantitative estimate of drug-likeness (QED) is 0.479. The van der Waals surface area contributed by atoms with E-state index in [4.69, 9.17) is 0 Å². The van der Waals surface area contributed by atoms with Gasteiger partial charge in [0.15, 0.2) is 0 Å². The molecule has 0 heterocycles. The average Bonchev–Trinajstić information content (AvgIpc) is 2.39. The molecule has 0 bridgehead atoms. The molecule has 0 aliphatic carbocycles. The van der Waals surface area contributed by atoms with E-state index < -0.39 is 11.6 Å². The van der Waals surface area contributed by atoms with E-state index in [1.807, 2.05) is 44.2 Å². The molecule has 0 aliphatic rings. The fourth-order valence-corrected chi connectivity index (χ4v) is 1.67. The van der Waals surface area contributed by atoms with Crippen molar-refractivity contribution in [2.75, 3.05) is 6.54 Å². The van der Waals surface area contributed by atoms with Gasteiger partial charge in [0.2, 0.25) is 0 Å². The minimum Gasteiger partial charge on any atom is -0.336 e. The van der Waals surface area contributed by atoms with Crippen LogP contribution in [0.15, 0.2) is 30.3 Å². The number of hydrogen-bond acceptors (Lipinski definition) is 2. The Hall–Kier alpha value is -1.55. The average molecular weight is 250 g/mol. The number of unbranched alkanes of at least 4 members (excludes halogenated alkanes) is 1. The predicted octanol–water partition coefficient (Wildman–Crippen LogP) is 3.12. The summed E-state index contributed by atoms with van der Waals surface area (Å²) in [6, 6.07) is 9.00.